The minimum Gasteiger partial charge on any atom is -0.0822 e. The third-order valence-corrected chi connectivity index (χ3v) is 4.89. The summed E-state index contributed by atoms with van der Waals surface area (Å²) >= 11 is 3.70. The van der Waals surface area contributed by atoms with Gasteiger partial charge in [-0.05, 0) is 26.7 Å². The van der Waals surface area contributed by atoms with Crippen LogP contribution in [0.5, 0.6) is 0 Å². The van der Waals surface area contributed by atoms with Gasteiger partial charge in [-0.3, -0.25) is 0 Å². The number of fused-ring (bicyclic) bond motifs is 1. The first kappa shape index (κ1) is 8.52. The number of thioether (sulfide) groups is 2. The fourth-order valence-corrected chi connectivity index (χ4v) is 3.96. The Morgan fingerprint density at radius 2 is 1.42 bits per heavy atom. The molecule has 0 aromatic carbocycles. The highest BCUT2D eigenvalue weighted by molar-refractivity contribution is 8.29. The molecule has 64 valence electrons. The average Bonchev–Trinajstić information content (AvgIpc) is 2.41. The summed E-state index contributed by atoms with van der Waals surface area (Å²) in [6.07, 6.45) is 2.48. The van der Waals surface area contributed by atoms with E-state index >= 15 is 0 Å². The molecular weight excluding hydrogens is 184 g/mol. The predicted octanol–water partition coefficient (Wildman–Crippen LogP) is 4.28. The van der Waals surface area contributed by atoms with Gasteiger partial charge in [-0.1, -0.05) is 41.2 Å². The van der Waals surface area contributed by atoms with Crippen LogP contribution in [0, 0.1) is 0 Å². The molecule has 2 heteroatoms. The first-order chi connectivity index (χ1) is 5.68. The highest BCUT2D eigenvalue weighted by atomic mass is 32.2. The van der Waals surface area contributed by atoms with Gasteiger partial charge in [-0.15, -0.1) is 0 Å². The topological polar surface area (TPSA) is 0 Å². The molecule has 0 atom stereocenters. The minimum absolute atomic E-state index is 1.24. The van der Waals surface area contributed by atoms with Crippen molar-refractivity contribution < 1.29 is 0 Å². The molecule has 2 aliphatic rings. The van der Waals surface area contributed by atoms with Crippen molar-refractivity contribution in [1.29, 1.82) is 0 Å². The van der Waals surface area contributed by atoms with Crippen LogP contribution in [0.25, 0.3) is 0 Å². The monoisotopic (exact) mass is 196 g/mol. The Bertz CT molecular complexity index is 278. The lowest BCUT2D eigenvalue weighted by molar-refractivity contribution is 0.898. The Hall–Kier alpha value is -0.0800. The van der Waals surface area contributed by atoms with Crippen LogP contribution in [0.1, 0.15) is 26.7 Å². The molecule has 1 aliphatic carbocycles. The average molecular weight is 196 g/mol. The summed E-state index contributed by atoms with van der Waals surface area (Å²) in [5, 5.41) is 0. The van der Waals surface area contributed by atoms with Gasteiger partial charge in [0, 0.05) is 14.0 Å². The normalized spacial score (nSPS) is 23.7. The molecule has 0 N–H and O–H groups in total. The third-order valence-electron chi connectivity index (χ3n) is 2.29. The van der Waals surface area contributed by atoms with E-state index < -0.39 is 0 Å². The van der Waals surface area contributed by atoms with Crippen molar-refractivity contribution in [3.8, 4) is 0 Å². The van der Waals surface area contributed by atoms with Crippen LogP contribution in [-0.4, -0.2) is 0 Å². The standard InChI is InChI=1S/C10H12S2/c1-6-4-5-7(2)10-9(6)11-8(3)12-10/h3-5H2,1-2H3. The van der Waals surface area contributed by atoms with Crippen LogP contribution >= 0.6 is 23.5 Å². The highest BCUT2D eigenvalue weighted by Crippen LogP contribution is 2.56. The molecule has 2 rings (SSSR count). The quantitative estimate of drug-likeness (QED) is 0.567. The molecular formula is C10H12S2. The Morgan fingerprint density at radius 1 is 1.00 bits per heavy atom. The molecule has 0 unspecified atom stereocenters. The van der Waals surface area contributed by atoms with Crippen LogP contribution in [0.15, 0.2) is 31.8 Å². The lowest BCUT2D eigenvalue weighted by Gasteiger charge is -2.15. The first-order valence-corrected chi connectivity index (χ1v) is 5.76. The summed E-state index contributed by atoms with van der Waals surface area (Å²) in [7, 11) is 0. The largest absolute Gasteiger partial charge is 0.0822 e. The predicted molar refractivity (Wildman–Crippen MR) is 59.0 cm³/mol. The minimum atomic E-state index is 1.24. The summed E-state index contributed by atoms with van der Waals surface area (Å²) in [6, 6.07) is 0. The van der Waals surface area contributed by atoms with E-state index in [4.69, 9.17) is 0 Å². The Labute approximate surface area is 82.2 Å². The smallest absolute Gasteiger partial charge is 0.0427 e. The maximum absolute atomic E-state index is 4.00. The van der Waals surface area contributed by atoms with Gasteiger partial charge in [0.15, 0.2) is 0 Å². The van der Waals surface area contributed by atoms with Crippen molar-refractivity contribution in [1.82, 2.24) is 0 Å². The van der Waals surface area contributed by atoms with E-state index in [1.54, 1.807) is 11.1 Å². The van der Waals surface area contributed by atoms with E-state index in [9.17, 15) is 0 Å². The third kappa shape index (κ3) is 1.27. The van der Waals surface area contributed by atoms with Crippen molar-refractivity contribution in [2.75, 3.05) is 0 Å². The molecule has 1 saturated heterocycles. The second-order valence-electron chi connectivity index (χ2n) is 3.30. The summed E-state index contributed by atoms with van der Waals surface area (Å²) in [5.74, 6) is 0. The molecule has 0 aromatic rings. The fourth-order valence-electron chi connectivity index (χ4n) is 1.51. The van der Waals surface area contributed by atoms with Gasteiger partial charge in [-0.2, -0.15) is 0 Å². The van der Waals surface area contributed by atoms with E-state index in [1.807, 2.05) is 23.5 Å². The maximum atomic E-state index is 4.00. The van der Waals surface area contributed by atoms with E-state index in [0.29, 0.717) is 0 Å². The molecule has 1 aliphatic heterocycles. The van der Waals surface area contributed by atoms with Gasteiger partial charge in [-0.25, -0.2) is 0 Å². The first-order valence-electron chi connectivity index (χ1n) is 4.13. The second kappa shape index (κ2) is 3.00. The lowest BCUT2D eigenvalue weighted by Crippen LogP contribution is -1.94. The van der Waals surface area contributed by atoms with Crippen molar-refractivity contribution in [2.24, 2.45) is 0 Å². The van der Waals surface area contributed by atoms with E-state index in [1.165, 1.54) is 26.9 Å². The van der Waals surface area contributed by atoms with E-state index in [0.717, 1.165) is 0 Å². The van der Waals surface area contributed by atoms with Crippen molar-refractivity contribution in [3.63, 3.8) is 0 Å². The second-order valence-corrected chi connectivity index (χ2v) is 5.76. The summed E-state index contributed by atoms with van der Waals surface area (Å²) in [4.78, 5) is 2.99. The van der Waals surface area contributed by atoms with Gasteiger partial charge >= 0.3 is 0 Å². The molecule has 12 heavy (non-hydrogen) atoms. The highest BCUT2D eigenvalue weighted by Gasteiger charge is 2.25. The van der Waals surface area contributed by atoms with Crippen LogP contribution in [0.3, 0.4) is 0 Å². The molecule has 1 heterocycles. The summed E-state index contributed by atoms with van der Waals surface area (Å²) in [6.45, 7) is 8.49. The molecule has 0 saturated carbocycles. The Balaban J connectivity index is 2.49. The zero-order valence-corrected chi connectivity index (χ0v) is 9.07. The number of allylic oxidation sites excluding steroid dienone is 2. The van der Waals surface area contributed by atoms with Gasteiger partial charge in [0.25, 0.3) is 0 Å². The Morgan fingerprint density at radius 3 is 1.83 bits per heavy atom. The zero-order chi connectivity index (χ0) is 8.72. The van der Waals surface area contributed by atoms with Crippen molar-refractivity contribution in [2.45, 2.75) is 26.7 Å². The van der Waals surface area contributed by atoms with E-state index in [-0.39, 0.29) is 0 Å². The van der Waals surface area contributed by atoms with E-state index in [2.05, 4.69) is 20.4 Å². The van der Waals surface area contributed by atoms with Gasteiger partial charge in [0.2, 0.25) is 0 Å². The van der Waals surface area contributed by atoms with Crippen molar-refractivity contribution in [3.05, 3.63) is 31.8 Å². The van der Waals surface area contributed by atoms with Crippen LogP contribution in [0.4, 0.5) is 0 Å². The van der Waals surface area contributed by atoms with Crippen LogP contribution < -0.4 is 0 Å². The zero-order valence-electron chi connectivity index (χ0n) is 7.44. The van der Waals surface area contributed by atoms with Crippen molar-refractivity contribution >= 4 is 23.5 Å². The number of hydrogen-bond acceptors (Lipinski definition) is 2. The molecule has 0 nitrogen and oxygen atoms in total. The van der Waals surface area contributed by atoms with Gasteiger partial charge in [0.05, 0.1) is 0 Å². The molecule has 0 radical (unpaired) electrons. The van der Waals surface area contributed by atoms with Crippen LogP contribution in [-0.2, 0) is 0 Å². The lowest BCUT2D eigenvalue weighted by atomic mass is 10.0. The molecule has 0 bridgehead atoms. The molecule has 1 fully saturated rings. The fraction of sp³-hybridized carbons (Fsp3) is 0.400. The SMILES string of the molecule is C=C1SC2=C(C)CCC(C)=C2S1. The van der Waals surface area contributed by atoms with Gasteiger partial charge < -0.3 is 0 Å². The molecule has 0 aromatic heterocycles. The van der Waals surface area contributed by atoms with Crippen LogP contribution in [0.2, 0.25) is 0 Å². The summed E-state index contributed by atoms with van der Waals surface area (Å²) < 4.78 is 1.24. The van der Waals surface area contributed by atoms with Gasteiger partial charge in [0.1, 0.15) is 0 Å². The number of rotatable bonds is 0. The Kier molecular flexibility index (Phi) is 2.13. The number of hydrogen-bond donors (Lipinski definition) is 0. The molecule has 0 spiro atoms. The maximum Gasteiger partial charge on any atom is 0.0427 e. The summed E-state index contributed by atoms with van der Waals surface area (Å²) in [5.41, 5.74) is 3.10. The molecule has 0 amide bonds.